The Morgan fingerprint density at radius 2 is 1.89 bits per heavy atom. The lowest BCUT2D eigenvalue weighted by Crippen LogP contribution is -2.15. The quantitative estimate of drug-likeness (QED) is 0.633. The zero-order chi connectivity index (χ0) is 12.8. The molecule has 1 aromatic carbocycles. The lowest BCUT2D eigenvalue weighted by molar-refractivity contribution is 0.171. The minimum atomic E-state index is 0.609. The first-order chi connectivity index (χ1) is 8.81. The third kappa shape index (κ3) is 3.48. The van der Waals surface area contributed by atoms with Gasteiger partial charge in [-0.1, -0.05) is 19.8 Å². The maximum Gasteiger partial charge on any atom is 0.163 e. The van der Waals surface area contributed by atoms with E-state index < -0.39 is 0 Å². The van der Waals surface area contributed by atoms with Crippen LogP contribution in [0, 0.1) is 0 Å². The lowest BCUT2D eigenvalue weighted by Gasteiger charge is -2.20. The van der Waals surface area contributed by atoms with Gasteiger partial charge in [-0.05, 0) is 23.8 Å². The van der Waals surface area contributed by atoms with Gasteiger partial charge in [0.1, 0.15) is 13.2 Å². The van der Waals surface area contributed by atoms with Crippen molar-refractivity contribution in [1.82, 2.24) is 0 Å². The van der Waals surface area contributed by atoms with E-state index >= 15 is 0 Å². The van der Waals surface area contributed by atoms with Crippen LogP contribution in [0.25, 0.3) is 0 Å². The highest BCUT2D eigenvalue weighted by Crippen LogP contribution is 2.35. The summed E-state index contributed by atoms with van der Waals surface area (Å²) in [6.45, 7) is 3.46. The van der Waals surface area contributed by atoms with Crippen molar-refractivity contribution in [3.05, 3.63) is 17.7 Å². The second-order valence-corrected chi connectivity index (χ2v) is 5.56. The van der Waals surface area contributed by atoms with Crippen molar-refractivity contribution >= 4 is 17.4 Å². The van der Waals surface area contributed by atoms with Gasteiger partial charge in [0, 0.05) is 17.5 Å². The number of anilines is 1. The smallest absolute Gasteiger partial charge is 0.163 e. The standard InChI is InChI=1S/C14H21NO2S/c1-2-3-4-7-18-10-11-8-13-14(9-12(11)15)17-6-5-16-13/h8-9H,2-7,10,15H2,1H3. The summed E-state index contributed by atoms with van der Waals surface area (Å²) in [6.07, 6.45) is 3.86. The molecule has 0 aliphatic carbocycles. The summed E-state index contributed by atoms with van der Waals surface area (Å²) >= 11 is 1.93. The number of fused-ring (bicyclic) bond motifs is 1. The second kappa shape index (κ2) is 6.78. The summed E-state index contributed by atoms with van der Waals surface area (Å²) in [5.74, 6) is 3.76. The van der Waals surface area contributed by atoms with E-state index in [9.17, 15) is 0 Å². The number of nitrogens with two attached hydrogens (primary N) is 1. The summed E-state index contributed by atoms with van der Waals surface area (Å²) < 4.78 is 11.1. The molecule has 0 saturated carbocycles. The minimum absolute atomic E-state index is 0.609. The first kappa shape index (κ1) is 13.4. The van der Waals surface area contributed by atoms with E-state index in [-0.39, 0.29) is 0 Å². The topological polar surface area (TPSA) is 44.5 Å². The Balaban J connectivity index is 1.91. The van der Waals surface area contributed by atoms with Crippen molar-refractivity contribution in [2.75, 3.05) is 24.7 Å². The van der Waals surface area contributed by atoms with Gasteiger partial charge in [0.25, 0.3) is 0 Å². The summed E-state index contributed by atoms with van der Waals surface area (Å²) in [5, 5.41) is 0. The maximum atomic E-state index is 6.04. The van der Waals surface area contributed by atoms with E-state index in [2.05, 4.69) is 6.92 Å². The van der Waals surface area contributed by atoms with Crippen molar-refractivity contribution in [2.45, 2.75) is 31.9 Å². The number of nitrogen functional groups attached to an aromatic ring is 1. The zero-order valence-electron chi connectivity index (χ0n) is 10.9. The van der Waals surface area contributed by atoms with Crippen LogP contribution in [0.4, 0.5) is 5.69 Å². The highest BCUT2D eigenvalue weighted by molar-refractivity contribution is 7.98. The monoisotopic (exact) mass is 267 g/mol. The van der Waals surface area contributed by atoms with E-state index in [1.54, 1.807) is 0 Å². The van der Waals surface area contributed by atoms with Crippen LogP contribution in [0.15, 0.2) is 12.1 Å². The van der Waals surface area contributed by atoms with Crippen molar-refractivity contribution in [2.24, 2.45) is 0 Å². The summed E-state index contributed by atoms with van der Waals surface area (Å²) in [5.41, 5.74) is 8.00. The van der Waals surface area contributed by atoms with Gasteiger partial charge in [0.05, 0.1) is 0 Å². The number of unbranched alkanes of at least 4 members (excludes halogenated alkanes) is 2. The number of benzene rings is 1. The average Bonchev–Trinajstić information content (AvgIpc) is 2.39. The van der Waals surface area contributed by atoms with Gasteiger partial charge >= 0.3 is 0 Å². The molecule has 1 aromatic rings. The Hall–Kier alpha value is -1.03. The Bertz CT molecular complexity index is 396. The molecule has 2 N–H and O–H groups in total. The molecule has 18 heavy (non-hydrogen) atoms. The van der Waals surface area contributed by atoms with E-state index in [1.165, 1.54) is 25.0 Å². The molecule has 0 saturated heterocycles. The molecule has 0 amide bonds. The highest BCUT2D eigenvalue weighted by Gasteiger charge is 2.14. The predicted molar refractivity (Wildman–Crippen MR) is 77.5 cm³/mol. The maximum absolute atomic E-state index is 6.04. The highest BCUT2D eigenvalue weighted by atomic mass is 32.2. The van der Waals surface area contributed by atoms with Crippen LogP contribution in [0.2, 0.25) is 0 Å². The summed E-state index contributed by atoms with van der Waals surface area (Å²) in [4.78, 5) is 0. The summed E-state index contributed by atoms with van der Waals surface area (Å²) in [7, 11) is 0. The van der Waals surface area contributed by atoms with Crippen LogP contribution in [0.5, 0.6) is 11.5 Å². The molecule has 3 nitrogen and oxygen atoms in total. The van der Waals surface area contributed by atoms with Gasteiger partial charge in [-0.15, -0.1) is 0 Å². The SMILES string of the molecule is CCCCCSCc1cc2c(cc1N)OCCO2. The van der Waals surface area contributed by atoms with Crippen LogP contribution in [-0.4, -0.2) is 19.0 Å². The Kier molecular flexibility index (Phi) is 5.05. The Morgan fingerprint density at radius 1 is 1.17 bits per heavy atom. The molecule has 4 heteroatoms. The molecule has 0 unspecified atom stereocenters. The van der Waals surface area contributed by atoms with E-state index in [4.69, 9.17) is 15.2 Å². The normalized spacial score (nSPS) is 13.6. The van der Waals surface area contributed by atoms with Crippen LogP contribution >= 0.6 is 11.8 Å². The molecule has 1 aliphatic rings. The van der Waals surface area contributed by atoms with E-state index in [0.29, 0.717) is 13.2 Å². The molecule has 0 atom stereocenters. The van der Waals surface area contributed by atoms with Gasteiger partial charge < -0.3 is 15.2 Å². The largest absolute Gasteiger partial charge is 0.486 e. The molecule has 1 heterocycles. The molecular weight excluding hydrogens is 246 g/mol. The van der Waals surface area contributed by atoms with Crippen LogP contribution in [0.1, 0.15) is 31.7 Å². The number of ether oxygens (including phenoxy) is 2. The van der Waals surface area contributed by atoms with Gasteiger partial charge in [-0.2, -0.15) is 11.8 Å². The molecule has 0 aromatic heterocycles. The van der Waals surface area contributed by atoms with Crippen LogP contribution in [-0.2, 0) is 5.75 Å². The minimum Gasteiger partial charge on any atom is -0.486 e. The molecule has 0 fully saturated rings. The molecule has 0 spiro atoms. The lowest BCUT2D eigenvalue weighted by atomic mass is 10.2. The van der Waals surface area contributed by atoms with Crippen LogP contribution < -0.4 is 15.2 Å². The van der Waals surface area contributed by atoms with Gasteiger partial charge in [0.2, 0.25) is 0 Å². The average molecular weight is 267 g/mol. The number of hydrogen-bond acceptors (Lipinski definition) is 4. The molecular formula is C14H21NO2S. The van der Waals surface area contributed by atoms with Crippen molar-refractivity contribution in [3.63, 3.8) is 0 Å². The summed E-state index contributed by atoms with van der Waals surface area (Å²) in [6, 6.07) is 3.91. The number of thioether (sulfide) groups is 1. The Labute approximate surface area is 113 Å². The fourth-order valence-electron chi connectivity index (χ4n) is 1.91. The van der Waals surface area contributed by atoms with E-state index in [1.807, 2.05) is 23.9 Å². The van der Waals surface area contributed by atoms with Crippen molar-refractivity contribution in [1.29, 1.82) is 0 Å². The number of rotatable bonds is 6. The van der Waals surface area contributed by atoms with Crippen molar-refractivity contribution in [3.8, 4) is 11.5 Å². The zero-order valence-corrected chi connectivity index (χ0v) is 11.7. The molecule has 2 rings (SSSR count). The number of hydrogen-bond donors (Lipinski definition) is 1. The van der Waals surface area contributed by atoms with Gasteiger partial charge in [-0.3, -0.25) is 0 Å². The fourth-order valence-corrected chi connectivity index (χ4v) is 2.93. The first-order valence-electron chi connectivity index (χ1n) is 6.57. The third-order valence-electron chi connectivity index (χ3n) is 2.95. The molecule has 0 bridgehead atoms. The third-order valence-corrected chi connectivity index (χ3v) is 4.05. The predicted octanol–water partition coefficient (Wildman–Crippen LogP) is 3.46. The van der Waals surface area contributed by atoms with Gasteiger partial charge in [0.15, 0.2) is 11.5 Å². The fraction of sp³-hybridized carbons (Fsp3) is 0.571. The van der Waals surface area contributed by atoms with Gasteiger partial charge in [-0.25, -0.2) is 0 Å². The molecule has 100 valence electrons. The first-order valence-corrected chi connectivity index (χ1v) is 7.72. The van der Waals surface area contributed by atoms with E-state index in [0.717, 1.165) is 28.5 Å². The molecule has 0 radical (unpaired) electrons. The van der Waals surface area contributed by atoms with Crippen LogP contribution in [0.3, 0.4) is 0 Å². The molecule has 1 aliphatic heterocycles. The second-order valence-electron chi connectivity index (χ2n) is 4.45. The Morgan fingerprint density at radius 3 is 2.61 bits per heavy atom. The van der Waals surface area contributed by atoms with Crippen molar-refractivity contribution < 1.29 is 9.47 Å².